The van der Waals surface area contributed by atoms with Crippen LogP contribution >= 0.6 is 0 Å². The molecule has 2 heterocycles. The van der Waals surface area contributed by atoms with E-state index >= 15 is 0 Å². The molecule has 0 fully saturated rings. The Morgan fingerprint density at radius 2 is 1.82 bits per heavy atom. The topological polar surface area (TPSA) is 121 Å². The van der Waals surface area contributed by atoms with Crippen LogP contribution in [0, 0.1) is 5.92 Å². The van der Waals surface area contributed by atoms with E-state index in [0.717, 1.165) is 16.5 Å². The number of amides is 2. The summed E-state index contributed by atoms with van der Waals surface area (Å²) in [4.78, 5) is 28.7. The van der Waals surface area contributed by atoms with Crippen LogP contribution in [-0.2, 0) is 28.3 Å². The van der Waals surface area contributed by atoms with Gasteiger partial charge in [0.2, 0.25) is 15.9 Å². The zero-order valence-electron chi connectivity index (χ0n) is 25.3. The van der Waals surface area contributed by atoms with Crippen molar-refractivity contribution in [3.63, 3.8) is 0 Å². The number of benzene rings is 3. The van der Waals surface area contributed by atoms with Crippen LogP contribution < -0.4 is 10.1 Å². The lowest BCUT2D eigenvalue weighted by atomic mass is 9.99. The Morgan fingerprint density at radius 1 is 1.11 bits per heavy atom. The minimum Gasteiger partial charge on any atom is -0.488 e. The van der Waals surface area contributed by atoms with Crippen LogP contribution in [0.2, 0.25) is 0 Å². The molecule has 10 nitrogen and oxygen atoms in total. The number of carbonyl (C=O) groups is 2. The Labute approximate surface area is 257 Å². The number of aliphatic hydroxyl groups is 1. The number of nitrogens with one attached hydrogen (secondary N) is 1. The van der Waals surface area contributed by atoms with Gasteiger partial charge >= 0.3 is 0 Å². The van der Waals surface area contributed by atoms with E-state index in [4.69, 9.17) is 4.74 Å². The molecule has 0 unspecified atom stereocenters. The SMILES string of the molecule is C[C@@H]1CN([C@H](C)CO)C(=O)c2cc(NC(=O)Cc3cn(C)c4ccccc34)ccc2O[C@@H]1CN(C)S(=O)(=O)c1ccccc1. The van der Waals surface area contributed by atoms with Crippen molar-refractivity contribution in [1.29, 1.82) is 0 Å². The van der Waals surface area contributed by atoms with Gasteiger partial charge < -0.3 is 24.6 Å². The first-order valence-electron chi connectivity index (χ1n) is 14.6. The number of anilines is 1. The lowest BCUT2D eigenvalue weighted by Crippen LogP contribution is -2.50. The third-order valence-corrected chi connectivity index (χ3v) is 10.0. The molecule has 44 heavy (non-hydrogen) atoms. The summed E-state index contributed by atoms with van der Waals surface area (Å²) >= 11 is 0. The standard InChI is InChI=1S/C33H38N4O6S/c1-22-18-37(23(2)21-38)33(40)28-17-25(34-32(39)16-24-19-35(3)29-13-9-8-12-27(24)29)14-15-30(28)43-31(22)20-36(4)44(41,42)26-10-6-5-7-11-26/h5-15,17,19,22-23,31,38H,16,18,20-21H2,1-4H3,(H,34,39)/t22-,23-,31-/m1/s1. The highest BCUT2D eigenvalue weighted by Gasteiger charge is 2.35. The summed E-state index contributed by atoms with van der Waals surface area (Å²) in [5, 5.41) is 13.9. The molecular formula is C33H38N4O6S. The third-order valence-electron chi connectivity index (χ3n) is 8.17. The average molecular weight is 619 g/mol. The second-order valence-corrected chi connectivity index (χ2v) is 13.5. The number of likely N-dealkylation sites (N-methyl/N-ethyl adjacent to an activating group) is 1. The molecule has 0 spiro atoms. The number of para-hydroxylation sites is 1. The molecule has 11 heteroatoms. The largest absolute Gasteiger partial charge is 0.488 e. The van der Waals surface area contributed by atoms with Gasteiger partial charge in [-0.15, -0.1) is 0 Å². The highest BCUT2D eigenvalue weighted by atomic mass is 32.2. The van der Waals surface area contributed by atoms with Crippen molar-refractivity contribution in [3.05, 3.63) is 90.1 Å². The molecule has 0 saturated carbocycles. The van der Waals surface area contributed by atoms with E-state index in [1.54, 1.807) is 60.4 Å². The number of sulfonamides is 1. The highest BCUT2D eigenvalue weighted by Crippen LogP contribution is 2.31. The summed E-state index contributed by atoms with van der Waals surface area (Å²) < 4.78 is 36.1. The number of nitrogens with zero attached hydrogens (tertiary/aromatic N) is 3. The Balaban J connectivity index is 1.41. The van der Waals surface area contributed by atoms with Crippen molar-refractivity contribution in [1.82, 2.24) is 13.8 Å². The predicted octanol–water partition coefficient (Wildman–Crippen LogP) is 3.90. The normalized spacial score (nSPS) is 18.0. The molecule has 0 saturated heterocycles. The van der Waals surface area contributed by atoms with Gasteiger partial charge in [-0.25, -0.2) is 8.42 Å². The second-order valence-electron chi connectivity index (χ2n) is 11.4. The minimum atomic E-state index is -3.78. The maximum absolute atomic E-state index is 13.8. The minimum absolute atomic E-state index is 0.0386. The van der Waals surface area contributed by atoms with Crippen LogP contribution in [0.15, 0.2) is 83.9 Å². The molecule has 5 rings (SSSR count). The fourth-order valence-corrected chi connectivity index (χ4v) is 6.79. The van der Waals surface area contributed by atoms with Crippen LogP contribution in [-0.4, -0.2) is 78.0 Å². The predicted molar refractivity (Wildman–Crippen MR) is 169 cm³/mol. The Hall–Kier alpha value is -4.19. The maximum atomic E-state index is 13.8. The number of ether oxygens (including phenoxy) is 1. The van der Waals surface area contributed by atoms with Gasteiger partial charge in [-0.2, -0.15) is 4.31 Å². The Kier molecular flexibility index (Phi) is 9.10. The molecule has 2 N–H and O–H groups in total. The molecule has 1 aliphatic rings. The van der Waals surface area contributed by atoms with Crippen LogP contribution in [0.1, 0.15) is 29.8 Å². The molecule has 0 bridgehead atoms. The van der Waals surface area contributed by atoms with Gasteiger partial charge in [-0.3, -0.25) is 9.59 Å². The first-order chi connectivity index (χ1) is 21.0. The molecule has 3 atom stereocenters. The van der Waals surface area contributed by atoms with Gasteiger partial charge in [0.1, 0.15) is 11.9 Å². The number of aliphatic hydroxyl groups excluding tert-OH is 1. The van der Waals surface area contributed by atoms with Crippen molar-refractivity contribution >= 4 is 38.4 Å². The lowest BCUT2D eigenvalue weighted by Gasteiger charge is -2.38. The lowest BCUT2D eigenvalue weighted by molar-refractivity contribution is -0.115. The first-order valence-corrected chi connectivity index (χ1v) is 16.0. The molecule has 0 radical (unpaired) electrons. The zero-order valence-corrected chi connectivity index (χ0v) is 26.1. The van der Waals surface area contributed by atoms with E-state index < -0.39 is 22.2 Å². The van der Waals surface area contributed by atoms with E-state index in [2.05, 4.69) is 5.32 Å². The highest BCUT2D eigenvalue weighted by molar-refractivity contribution is 7.89. The fraction of sp³-hybridized carbons (Fsp3) is 0.333. The number of aryl methyl sites for hydroxylation is 1. The van der Waals surface area contributed by atoms with E-state index in [1.165, 1.54) is 11.4 Å². The molecule has 2 amide bonds. The molecule has 1 aromatic heterocycles. The van der Waals surface area contributed by atoms with Gasteiger partial charge in [-0.1, -0.05) is 43.3 Å². The summed E-state index contributed by atoms with van der Waals surface area (Å²) in [5.41, 5.74) is 2.57. The summed E-state index contributed by atoms with van der Waals surface area (Å²) in [6.45, 7) is 3.68. The number of hydrogen-bond acceptors (Lipinski definition) is 6. The van der Waals surface area contributed by atoms with E-state index in [-0.39, 0.29) is 60.1 Å². The number of rotatable bonds is 9. The van der Waals surface area contributed by atoms with Crippen molar-refractivity contribution in [2.45, 2.75) is 37.3 Å². The number of hydrogen-bond donors (Lipinski definition) is 2. The van der Waals surface area contributed by atoms with Crippen molar-refractivity contribution < 1.29 is 27.9 Å². The smallest absolute Gasteiger partial charge is 0.258 e. The van der Waals surface area contributed by atoms with Gasteiger partial charge in [-0.05, 0) is 48.9 Å². The first kappa shape index (κ1) is 31.2. The van der Waals surface area contributed by atoms with E-state index in [0.29, 0.717) is 5.69 Å². The monoisotopic (exact) mass is 618 g/mol. The van der Waals surface area contributed by atoms with Gasteiger partial charge in [0.15, 0.2) is 0 Å². The third kappa shape index (κ3) is 6.35. The number of fused-ring (bicyclic) bond motifs is 2. The van der Waals surface area contributed by atoms with Crippen molar-refractivity contribution in [2.75, 3.05) is 32.1 Å². The molecule has 1 aliphatic heterocycles. The van der Waals surface area contributed by atoms with Gasteiger partial charge in [0.05, 0.1) is 36.1 Å². The number of carbonyl (C=O) groups excluding carboxylic acids is 2. The Morgan fingerprint density at radius 3 is 2.55 bits per heavy atom. The van der Waals surface area contributed by atoms with Crippen LogP contribution in [0.3, 0.4) is 0 Å². The molecule has 232 valence electrons. The summed E-state index contributed by atoms with van der Waals surface area (Å²) in [6, 6.07) is 20.4. The van der Waals surface area contributed by atoms with Crippen molar-refractivity contribution in [2.24, 2.45) is 13.0 Å². The average Bonchev–Trinajstić information content (AvgIpc) is 3.33. The van der Waals surface area contributed by atoms with Gasteiger partial charge in [0, 0.05) is 49.3 Å². The maximum Gasteiger partial charge on any atom is 0.258 e. The summed E-state index contributed by atoms with van der Waals surface area (Å²) in [6.07, 6.45) is 1.48. The molecular weight excluding hydrogens is 580 g/mol. The molecule has 4 aromatic rings. The second kappa shape index (κ2) is 12.8. The molecule has 0 aliphatic carbocycles. The van der Waals surface area contributed by atoms with Gasteiger partial charge in [0.25, 0.3) is 5.91 Å². The summed E-state index contributed by atoms with van der Waals surface area (Å²) in [5.74, 6) is -0.573. The Bertz CT molecular complexity index is 1770. The quantitative estimate of drug-likeness (QED) is 0.294. The van der Waals surface area contributed by atoms with E-state index in [1.807, 2.05) is 49.0 Å². The van der Waals surface area contributed by atoms with Crippen LogP contribution in [0.25, 0.3) is 10.9 Å². The van der Waals surface area contributed by atoms with E-state index in [9.17, 15) is 23.1 Å². The zero-order chi connectivity index (χ0) is 31.6. The fourth-order valence-electron chi connectivity index (χ4n) is 5.59. The van der Waals surface area contributed by atoms with Crippen LogP contribution in [0.5, 0.6) is 5.75 Å². The summed E-state index contributed by atoms with van der Waals surface area (Å²) in [7, 11) is -0.337. The molecule has 3 aromatic carbocycles. The van der Waals surface area contributed by atoms with Crippen LogP contribution in [0.4, 0.5) is 5.69 Å². The number of aromatic nitrogens is 1. The van der Waals surface area contributed by atoms with Crippen molar-refractivity contribution in [3.8, 4) is 5.75 Å².